The number of hydrogen-bond acceptors (Lipinski definition) is 3. The Labute approximate surface area is 84.1 Å². The molecule has 0 spiro atoms. The number of aromatic nitrogens is 1. The zero-order chi connectivity index (χ0) is 9.42. The minimum atomic E-state index is -0.00472. The molecule has 0 saturated heterocycles. The maximum atomic E-state index is 11.2. The van der Waals surface area contributed by atoms with Crippen LogP contribution in [0.1, 0.15) is 0 Å². The van der Waals surface area contributed by atoms with Gasteiger partial charge in [-0.1, -0.05) is 0 Å². The molecule has 0 radical (unpaired) electrons. The predicted molar refractivity (Wildman–Crippen MR) is 53.8 cm³/mol. The summed E-state index contributed by atoms with van der Waals surface area (Å²) in [6, 6.07) is 0. The summed E-state index contributed by atoms with van der Waals surface area (Å²) < 4.78 is 0.896. The molecule has 1 amide bonds. The third-order valence-electron chi connectivity index (χ3n) is 1.91. The molecule has 13 heavy (non-hydrogen) atoms. The Balaban J connectivity index is 2.55. The lowest BCUT2D eigenvalue weighted by atomic mass is 10.2. The van der Waals surface area contributed by atoms with Gasteiger partial charge in [-0.15, -0.1) is 0 Å². The number of nitrogens with one attached hydrogen (secondary N) is 1. The van der Waals surface area contributed by atoms with Gasteiger partial charge in [0.05, 0.1) is 28.6 Å². The molecule has 0 aromatic carbocycles. The van der Waals surface area contributed by atoms with E-state index in [1.165, 1.54) is 0 Å². The van der Waals surface area contributed by atoms with Crippen LogP contribution in [-0.4, -0.2) is 24.5 Å². The van der Waals surface area contributed by atoms with Crippen molar-refractivity contribution in [1.29, 1.82) is 0 Å². The Morgan fingerprint density at radius 1 is 1.62 bits per heavy atom. The first-order valence-electron chi connectivity index (χ1n) is 3.83. The SMILES string of the molecule is CN1CC(=O)Nc2cncc(Br)c21. The monoisotopic (exact) mass is 241 g/mol. The number of fused-ring (bicyclic) bond motifs is 1. The quantitative estimate of drug-likeness (QED) is 0.744. The molecule has 1 aromatic rings. The molecular formula is C8H8BrN3O. The van der Waals surface area contributed by atoms with Crippen molar-refractivity contribution in [3.8, 4) is 0 Å². The fraction of sp³-hybridized carbons (Fsp3) is 0.250. The van der Waals surface area contributed by atoms with E-state index in [1.807, 2.05) is 11.9 Å². The van der Waals surface area contributed by atoms with Crippen molar-refractivity contribution in [2.75, 3.05) is 23.8 Å². The molecule has 0 aliphatic carbocycles. The molecule has 1 aliphatic heterocycles. The summed E-state index contributed by atoms with van der Waals surface area (Å²) in [6.07, 6.45) is 3.36. The molecule has 5 heteroatoms. The average molecular weight is 242 g/mol. The lowest BCUT2D eigenvalue weighted by Gasteiger charge is -2.27. The number of halogens is 1. The Kier molecular flexibility index (Phi) is 1.95. The second-order valence-electron chi connectivity index (χ2n) is 2.92. The van der Waals surface area contributed by atoms with Crippen LogP contribution in [0, 0.1) is 0 Å². The second kappa shape index (κ2) is 2.99. The van der Waals surface area contributed by atoms with Crippen molar-refractivity contribution in [1.82, 2.24) is 4.98 Å². The normalized spacial score (nSPS) is 15.2. The standard InChI is InChI=1S/C8H8BrN3O/c1-12-4-7(13)11-6-3-10-2-5(9)8(6)12/h2-3H,4H2,1H3,(H,11,13). The van der Waals surface area contributed by atoms with Gasteiger partial charge in [0.1, 0.15) is 0 Å². The number of carbonyl (C=O) groups is 1. The highest BCUT2D eigenvalue weighted by Crippen LogP contribution is 2.34. The van der Waals surface area contributed by atoms with Crippen molar-refractivity contribution >= 4 is 33.2 Å². The maximum Gasteiger partial charge on any atom is 0.243 e. The largest absolute Gasteiger partial charge is 0.363 e. The van der Waals surface area contributed by atoms with Crippen LogP contribution in [0.25, 0.3) is 0 Å². The van der Waals surface area contributed by atoms with Crippen molar-refractivity contribution in [3.63, 3.8) is 0 Å². The van der Waals surface area contributed by atoms with E-state index < -0.39 is 0 Å². The summed E-state index contributed by atoms with van der Waals surface area (Å²) in [5, 5.41) is 2.76. The third-order valence-corrected chi connectivity index (χ3v) is 2.49. The summed E-state index contributed by atoms with van der Waals surface area (Å²) in [5.74, 6) is -0.00472. The minimum Gasteiger partial charge on any atom is -0.363 e. The molecule has 0 unspecified atom stereocenters. The highest BCUT2D eigenvalue weighted by Gasteiger charge is 2.21. The van der Waals surface area contributed by atoms with E-state index in [1.54, 1.807) is 12.4 Å². The molecule has 0 atom stereocenters. The van der Waals surface area contributed by atoms with Crippen LogP contribution in [-0.2, 0) is 4.79 Å². The van der Waals surface area contributed by atoms with E-state index in [4.69, 9.17) is 0 Å². The Hall–Kier alpha value is -1.10. The first-order chi connectivity index (χ1) is 6.18. The van der Waals surface area contributed by atoms with Crippen LogP contribution in [0.15, 0.2) is 16.9 Å². The number of carbonyl (C=O) groups excluding carboxylic acids is 1. The molecule has 1 aliphatic rings. The second-order valence-corrected chi connectivity index (χ2v) is 3.78. The Morgan fingerprint density at radius 2 is 2.38 bits per heavy atom. The van der Waals surface area contributed by atoms with E-state index in [2.05, 4.69) is 26.2 Å². The molecule has 0 saturated carbocycles. The first-order valence-corrected chi connectivity index (χ1v) is 4.62. The smallest absolute Gasteiger partial charge is 0.243 e. The molecule has 0 fully saturated rings. The van der Waals surface area contributed by atoms with Crippen LogP contribution in [0.2, 0.25) is 0 Å². The highest BCUT2D eigenvalue weighted by atomic mass is 79.9. The van der Waals surface area contributed by atoms with Crippen molar-refractivity contribution in [2.24, 2.45) is 0 Å². The number of rotatable bonds is 0. The topological polar surface area (TPSA) is 45.2 Å². The zero-order valence-electron chi connectivity index (χ0n) is 7.04. The van der Waals surface area contributed by atoms with Crippen LogP contribution < -0.4 is 10.2 Å². The molecular weight excluding hydrogens is 234 g/mol. The molecule has 68 valence electrons. The van der Waals surface area contributed by atoms with E-state index in [0.717, 1.165) is 15.8 Å². The van der Waals surface area contributed by atoms with Crippen molar-refractivity contribution < 1.29 is 4.79 Å². The molecule has 1 aromatic heterocycles. The predicted octanol–water partition coefficient (Wildman–Crippen LogP) is 1.23. The van der Waals surface area contributed by atoms with Crippen LogP contribution >= 0.6 is 15.9 Å². The fourth-order valence-corrected chi connectivity index (χ4v) is 2.03. The van der Waals surface area contributed by atoms with E-state index in [0.29, 0.717) is 6.54 Å². The zero-order valence-corrected chi connectivity index (χ0v) is 8.63. The van der Waals surface area contributed by atoms with E-state index >= 15 is 0 Å². The van der Waals surface area contributed by atoms with Gasteiger partial charge in [0, 0.05) is 13.2 Å². The van der Waals surface area contributed by atoms with Gasteiger partial charge in [-0.05, 0) is 15.9 Å². The van der Waals surface area contributed by atoms with Gasteiger partial charge >= 0.3 is 0 Å². The van der Waals surface area contributed by atoms with Crippen LogP contribution in [0.5, 0.6) is 0 Å². The molecule has 0 bridgehead atoms. The average Bonchev–Trinajstić information content (AvgIpc) is 2.02. The number of nitrogens with zero attached hydrogens (tertiary/aromatic N) is 2. The fourth-order valence-electron chi connectivity index (χ4n) is 1.39. The summed E-state index contributed by atoms with van der Waals surface area (Å²) >= 11 is 3.39. The number of pyridine rings is 1. The Morgan fingerprint density at radius 3 is 3.15 bits per heavy atom. The lowest BCUT2D eigenvalue weighted by molar-refractivity contribution is -0.115. The summed E-state index contributed by atoms with van der Waals surface area (Å²) in [5.41, 5.74) is 1.74. The van der Waals surface area contributed by atoms with Crippen LogP contribution in [0.3, 0.4) is 0 Å². The van der Waals surface area contributed by atoms with Crippen molar-refractivity contribution in [2.45, 2.75) is 0 Å². The van der Waals surface area contributed by atoms with Crippen LogP contribution in [0.4, 0.5) is 11.4 Å². The Bertz CT molecular complexity index is 366. The first kappa shape index (κ1) is 8.50. The molecule has 1 N–H and O–H groups in total. The third kappa shape index (κ3) is 1.39. The number of anilines is 2. The van der Waals surface area contributed by atoms with Gasteiger partial charge in [0.15, 0.2) is 0 Å². The summed E-state index contributed by atoms with van der Waals surface area (Å²) in [6.45, 7) is 0.385. The minimum absolute atomic E-state index is 0.00472. The maximum absolute atomic E-state index is 11.2. The van der Waals surface area contributed by atoms with Gasteiger partial charge < -0.3 is 10.2 Å². The lowest BCUT2D eigenvalue weighted by Crippen LogP contribution is -2.35. The molecule has 2 rings (SSSR count). The van der Waals surface area contributed by atoms with Gasteiger partial charge in [0.25, 0.3) is 0 Å². The number of likely N-dealkylation sites (N-methyl/N-ethyl adjacent to an activating group) is 1. The van der Waals surface area contributed by atoms with Gasteiger partial charge in [-0.3, -0.25) is 9.78 Å². The molecule has 2 heterocycles. The number of hydrogen-bond donors (Lipinski definition) is 1. The summed E-state index contributed by atoms with van der Waals surface area (Å²) in [4.78, 5) is 17.0. The van der Waals surface area contributed by atoms with Gasteiger partial charge in [-0.25, -0.2) is 0 Å². The highest BCUT2D eigenvalue weighted by molar-refractivity contribution is 9.10. The molecule has 4 nitrogen and oxygen atoms in total. The van der Waals surface area contributed by atoms with E-state index in [-0.39, 0.29) is 5.91 Å². The number of amides is 1. The van der Waals surface area contributed by atoms with Gasteiger partial charge in [-0.2, -0.15) is 0 Å². The van der Waals surface area contributed by atoms with Gasteiger partial charge in [0.2, 0.25) is 5.91 Å². The van der Waals surface area contributed by atoms with E-state index in [9.17, 15) is 4.79 Å². The summed E-state index contributed by atoms with van der Waals surface area (Å²) in [7, 11) is 1.88. The van der Waals surface area contributed by atoms with Crippen molar-refractivity contribution in [3.05, 3.63) is 16.9 Å².